The molecule has 1 nitrogen and oxygen atoms in total. The fourth-order valence-corrected chi connectivity index (χ4v) is 1.40. The molecule has 0 N–H and O–H groups in total. The van der Waals surface area contributed by atoms with E-state index in [0.717, 1.165) is 31.8 Å². The molecule has 0 aliphatic heterocycles. The predicted molar refractivity (Wildman–Crippen MR) is 57.8 cm³/mol. The van der Waals surface area contributed by atoms with Gasteiger partial charge in [0, 0.05) is 11.5 Å². The van der Waals surface area contributed by atoms with E-state index in [2.05, 4.69) is 6.92 Å². The number of allylic oxidation sites excluding steroid dienone is 2. The van der Waals surface area contributed by atoms with Crippen molar-refractivity contribution in [2.24, 2.45) is 5.41 Å². The number of hydrogen-bond acceptors (Lipinski definition) is 1. The molecule has 1 unspecified atom stereocenters. The lowest BCUT2D eigenvalue weighted by Gasteiger charge is -2.24. The van der Waals surface area contributed by atoms with Crippen molar-refractivity contribution in [2.45, 2.75) is 53.4 Å². The zero-order valence-electron chi connectivity index (χ0n) is 9.69. The third kappa shape index (κ3) is 4.03. The van der Waals surface area contributed by atoms with Gasteiger partial charge in [-0.3, -0.25) is 4.79 Å². The third-order valence-electron chi connectivity index (χ3n) is 2.79. The lowest BCUT2D eigenvalue weighted by molar-refractivity contribution is -0.123. The molecule has 0 aliphatic rings. The van der Waals surface area contributed by atoms with Crippen LogP contribution in [0.5, 0.6) is 0 Å². The molecule has 0 fully saturated rings. The van der Waals surface area contributed by atoms with Crippen LogP contribution in [-0.4, -0.2) is 5.78 Å². The summed E-state index contributed by atoms with van der Waals surface area (Å²) in [6, 6.07) is 0. The molecule has 0 saturated heterocycles. The number of rotatable bonds is 6. The van der Waals surface area contributed by atoms with E-state index in [9.17, 15) is 9.18 Å². The average Bonchev–Trinajstić information content (AvgIpc) is 2.13. The van der Waals surface area contributed by atoms with E-state index in [-0.39, 0.29) is 11.2 Å². The molecule has 2 heteroatoms. The molecule has 82 valence electrons. The molecule has 0 spiro atoms. The molecule has 0 aromatic rings. The SMILES string of the molecule is CCCCC(C)(CC)C(=O)/C=C(/C)F. The number of halogens is 1. The highest BCUT2D eigenvalue weighted by Crippen LogP contribution is 2.30. The maximum absolute atomic E-state index is 12.6. The first-order valence-corrected chi connectivity index (χ1v) is 5.34. The first kappa shape index (κ1) is 13.3. The molecular formula is C12H21FO. The number of carbonyl (C=O) groups is 1. The number of carbonyl (C=O) groups excluding carboxylic acids is 1. The van der Waals surface area contributed by atoms with Gasteiger partial charge in [-0.2, -0.15) is 0 Å². The fraction of sp³-hybridized carbons (Fsp3) is 0.750. The maximum Gasteiger partial charge on any atom is 0.164 e. The van der Waals surface area contributed by atoms with Crippen molar-refractivity contribution in [3.8, 4) is 0 Å². The lowest BCUT2D eigenvalue weighted by atomic mass is 9.78. The van der Waals surface area contributed by atoms with Crippen molar-refractivity contribution in [3.05, 3.63) is 11.9 Å². The standard InChI is InChI=1S/C12H21FO/c1-5-7-8-12(4,6-2)11(14)9-10(3)13/h9H,5-8H2,1-4H3/b10-9-. The summed E-state index contributed by atoms with van der Waals surface area (Å²) < 4.78 is 12.6. The number of unbranched alkanes of at least 4 members (excludes halogenated alkanes) is 1. The van der Waals surface area contributed by atoms with Crippen molar-refractivity contribution in [3.63, 3.8) is 0 Å². The number of hydrogen-bond donors (Lipinski definition) is 0. The van der Waals surface area contributed by atoms with Crippen LogP contribution in [0.4, 0.5) is 4.39 Å². The largest absolute Gasteiger partial charge is 0.294 e. The van der Waals surface area contributed by atoms with Gasteiger partial charge in [0.2, 0.25) is 0 Å². The van der Waals surface area contributed by atoms with Gasteiger partial charge < -0.3 is 0 Å². The summed E-state index contributed by atoms with van der Waals surface area (Å²) >= 11 is 0. The van der Waals surface area contributed by atoms with Crippen molar-refractivity contribution in [2.75, 3.05) is 0 Å². The summed E-state index contributed by atoms with van der Waals surface area (Å²) in [5.41, 5.74) is -0.372. The molecule has 0 bridgehead atoms. The smallest absolute Gasteiger partial charge is 0.164 e. The van der Waals surface area contributed by atoms with E-state index in [4.69, 9.17) is 0 Å². The van der Waals surface area contributed by atoms with E-state index in [1.165, 1.54) is 6.92 Å². The minimum absolute atomic E-state index is 0.0755. The molecule has 0 amide bonds. The number of ketones is 1. The summed E-state index contributed by atoms with van der Waals surface area (Å²) in [7, 11) is 0. The van der Waals surface area contributed by atoms with Crippen LogP contribution in [0.2, 0.25) is 0 Å². The summed E-state index contributed by atoms with van der Waals surface area (Å²) in [6.45, 7) is 7.31. The van der Waals surface area contributed by atoms with Gasteiger partial charge >= 0.3 is 0 Å². The second kappa shape index (κ2) is 5.94. The van der Waals surface area contributed by atoms with Gasteiger partial charge in [-0.15, -0.1) is 0 Å². The molecule has 0 aromatic heterocycles. The van der Waals surface area contributed by atoms with Crippen LogP contribution in [-0.2, 0) is 4.79 Å². The van der Waals surface area contributed by atoms with Crippen LogP contribution in [0.25, 0.3) is 0 Å². The van der Waals surface area contributed by atoms with Crippen LogP contribution >= 0.6 is 0 Å². The fourth-order valence-electron chi connectivity index (χ4n) is 1.40. The van der Waals surface area contributed by atoms with Gasteiger partial charge in [0.05, 0.1) is 0 Å². The Bertz CT molecular complexity index is 216. The second-order valence-electron chi connectivity index (χ2n) is 4.11. The molecule has 14 heavy (non-hydrogen) atoms. The van der Waals surface area contributed by atoms with Gasteiger partial charge in [0.25, 0.3) is 0 Å². The molecule has 0 rings (SSSR count). The zero-order chi connectivity index (χ0) is 11.2. The summed E-state index contributed by atoms with van der Waals surface area (Å²) in [4.78, 5) is 11.7. The molecule has 0 aromatic carbocycles. The van der Waals surface area contributed by atoms with Gasteiger partial charge in [-0.25, -0.2) is 4.39 Å². The van der Waals surface area contributed by atoms with Crippen LogP contribution in [0, 0.1) is 5.41 Å². The normalized spacial score (nSPS) is 16.5. The molecule has 0 radical (unpaired) electrons. The Hall–Kier alpha value is -0.660. The van der Waals surface area contributed by atoms with Crippen LogP contribution in [0.1, 0.15) is 53.4 Å². The Morgan fingerprint density at radius 3 is 2.36 bits per heavy atom. The van der Waals surface area contributed by atoms with Crippen molar-refractivity contribution < 1.29 is 9.18 Å². The molecule has 0 saturated carbocycles. The van der Waals surface area contributed by atoms with Crippen LogP contribution in [0.15, 0.2) is 11.9 Å². The Kier molecular flexibility index (Phi) is 5.66. The topological polar surface area (TPSA) is 17.1 Å². The highest BCUT2D eigenvalue weighted by Gasteiger charge is 2.28. The van der Waals surface area contributed by atoms with Crippen molar-refractivity contribution in [1.29, 1.82) is 0 Å². The van der Waals surface area contributed by atoms with Crippen molar-refractivity contribution in [1.82, 2.24) is 0 Å². The van der Waals surface area contributed by atoms with Gasteiger partial charge in [-0.05, 0) is 19.8 Å². The van der Waals surface area contributed by atoms with E-state index in [1.807, 2.05) is 13.8 Å². The minimum atomic E-state index is -0.397. The summed E-state index contributed by atoms with van der Waals surface area (Å²) in [6.07, 6.45) is 4.84. The quantitative estimate of drug-likeness (QED) is 0.591. The highest BCUT2D eigenvalue weighted by atomic mass is 19.1. The summed E-state index contributed by atoms with van der Waals surface area (Å²) in [5.74, 6) is -0.473. The van der Waals surface area contributed by atoms with E-state index < -0.39 is 5.83 Å². The summed E-state index contributed by atoms with van der Waals surface area (Å²) in [5, 5.41) is 0. The average molecular weight is 200 g/mol. The Morgan fingerprint density at radius 1 is 1.43 bits per heavy atom. The van der Waals surface area contributed by atoms with Crippen LogP contribution in [0.3, 0.4) is 0 Å². The third-order valence-corrected chi connectivity index (χ3v) is 2.79. The van der Waals surface area contributed by atoms with E-state index in [0.29, 0.717) is 0 Å². The molecular weight excluding hydrogens is 179 g/mol. The molecule has 0 heterocycles. The maximum atomic E-state index is 12.6. The molecule has 0 aliphatic carbocycles. The predicted octanol–water partition coefficient (Wildman–Crippen LogP) is 4.04. The van der Waals surface area contributed by atoms with Gasteiger partial charge in [0.1, 0.15) is 5.83 Å². The molecule has 1 atom stereocenters. The first-order valence-electron chi connectivity index (χ1n) is 5.34. The minimum Gasteiger partial charge on any atom is -0.294 e. The second-order valence-corrected chi connectivity index (χ2v) is 4.11. The van der Waals surface area contributed by atoms with E-state index in [1.54, 1.807) is 0 Å². The van der Waals surface area contributed by atoms with Gasteiger partial charge in [-0.1, -0.05) is 33.6 Å². The lowest BCUT2D eigenvalue weighted by Crippen LogP contribution is -2.25. The van der Waals surface area contributed by atoms with Crippen LogP contribution < -0.4 is 0 Å². The van der Waals surface area contributed by atoms with Gasteiger partial charge in [0.15, 0.2) is 5.78 Å². The first-order chi connectivity index (χ1) is 6.46. The van der Waals surface area contributed by atoms with Crippen molar-refractivity contribution >= 4 is 5.78 Å². The highest BCUT2D eigenvalue weighted by molar-refractivity contribution is 5.94. The Labute approximate surface area is 86.4 Å². The zero-order valence-corrected chi connectivity index (χ0v) is 9.69. The monoisotopic (exact) mass is 200 g/mol. The Morgan fingerprint density at radius 2 is 2.00 bits per heavy atom. The Balaban J connectivity index is 4.51. The van der Waals surface area contributed by atoms with E-state index >= 15 is 0 Å².